The van der Waals surface area contributed by atoms with Crippen LogP contribution >= 0.6 is 0 Å². The predicted octanol–water partition coefficient (Wildman–Crippen LogP) is 1.32. The summed E-state index contributed by atoms with van der Waals surface area (Å²) in [6, 6.07) is 2.49. The van der Waals surface area contributed by atoms with Crippen molar-refractivity contribution in [3.05, 3.63) is 0 Å². The summed E-state index contributed by atoms with van der Waals surface area (Å²) in [5.41, 5.74) is 0. The molecular formula is C12H22N2O2. The van der Waals surface area contributed by atoms with Gasteiger partial charge in [0.25, 0.3) is 0 Å². The first-order valence-corrected chi connectivity index (χ1v) is 6.03. The Morgan fingerprint density at radius 3 is 2.94 bits per heavy atom. The van der Waals surface area contributed by atoms with Gasteiger partial charge in [0.1, 0.15) is 0 Å². The number of hydrogen-bond donors (Lipinski definition) is 1. The van der Waals surface area contributed by atoms with E-state index in [1.165, 1.54) is 0 Å². The van der Waals surface area contributed by atoms with E-state index in [-0.39, 0.29) is 6.04 Å². The molecule has 1 aliphatic heterocycles. The highest BCUT2D eigenvalue weighted by molar-refractivity contribution is 4.90. The van der Waals surface area contributed by atoms with Gasteiger partial charge in [-0.1, -0.05) is 0 Å². The molecule has 0 radical (unpaired) electrons. The summed E-state index contributed by atoms with van der Waals surface area (Å²) in [4.78, 5) is 0. The summed E-state index contributed by atoms with van der Waals surface area (Å²) in [5.74, 6) is 0.554. The Hall–Kier alpha value is -0.630. The lowest BCUT2D eigenvalue weighted by Crippen LogP contribution is -2.34. The van der Waals surface area contributed by atoms with Crippen LogP contribution in [0.25, 0.3) is 0 Å². The monoisotopic (exact) mass is 226 g/mol. The summed E-state index contributed by atoms with van der Waals surface area (Å²) in [5, 5.41) is 12.1. The molecule has 0 amide bonds. The molecule has 0 saturated carbocycles. The van der Waals surface area contributed by atoms with Crippen molar-refractivity contribution >= 4 is 0 Å². The quantitative estimate of drug-likeness (QED) is 0.665. The molecule has 1 aliphatic rings. The Balaban J connectivity index is 2.02. The molecule has 0 aromatic heterocycles. The minimum absolute atomic E-state index is 0.0974. The molecular weight excluding hydrogens is 204 g/mol. The number of nitrogens with zero attached hydrogens (tertiary/aromatic N) is 1. The van der Waals surface area contributed by atoms with Crippen LogP contribution in [0.5, 0.6) is 0 Å². The molecule has 1 fully saturated rings. The third-order valence-electron chi connectivity index (χ3n) is 2.62. The lowest BCUT2D eigenvalue weighted by atomic mass is 10.1. The van der Waals surface area contributed by atoms with Gasteiger partial charge in [-0.25, -0.2) is 0 Å². The number of rotatable bonds is 7. The van der Waals surface area contributed by atoms with Crippen LogP contribution in [0.3, 0.4) is 0 Å². The van der Waals surface area contributed by atoms with Crippen molar-refractivity contribution in [1.82, 2.24) is 5.32 Å². The van der Waals surface area contributed by atoms with E-state index in [1.54, 1.807) is 0 Å². The van der Waals surface area contributed by atoms with E-state index in [2.05, 4.69) is 11.4 Å². The zero-order valence-corrected chi connectivity index (χ0v) is 10.2. The number of hydrogen-bond acceptors (Lipinski definition) is 4. The van der Waals surface area contributed by atoms with E-state index >= 15 is 0 Å². The van der Waals surface area contributed by atoms with Crippen LogP contribution in [0, 0.1) is 17.2 Å². The van der Waals surface area contributed by atoms with Gasteiger partial charge in [-0.05, 0) is 26.7 Å². The molecule has 92 valence electrons. The molecule has 0 aromatic carbocycles. The molecule has 4 heteroatoms. The number of nitriles is 1. The molecule has 0 aliphatic carbocycles. The molecule has 4 nitrogen and oxygen atoms in total. The van der Waals surface area contributed by atoms with Gasteiger partial charge in [-0.15, -0.1) is 0 Å². The van der Waals surface area contributed by atoms with Crippen molar-refractivity contribution in [1.29, 1.82) is 5.26 Å². The van der Waals surface area contributed by atoms with Crippen LogP contribution in [-0.2, 0) is 9.47 Å². The zero-order chi connectivity index (χ0) is 11.8. The van der Waals surface area contributed by atoms with Crippen molar-refractivity contribution in [2.75, 3.05) is 26.4 Å². The van der Waals surface area contributed by atoms with Gasteiger partial charge >= 0.3 is 0 Å². The van der Waals surface area contributed by atoms with Gasteiger partial charge in [0, 0.05) is 25.2 Å². The van der Waals surface area contributed by atoms with Crippen LogP contribution in [0.2, 0.25) is 0 Å². The van der Waals surface area contributed by atoms with E-state index in [4.69, 9.17) is 14.7 Å². The summed E-state index contributed by atoms with van der Waals surface area (Å²) in [6.07, 6.45) is 1.86. The van der Waals surface area contributed by atoms with Gasteiger partial charge < -0.3 is 9.47 Å². The Bertz CT molecular complexity index is 220. The SMILES string of the molecule is CC(C)NC(C#N)CCOCC1CCOC1. The van der Waals surface area contributed by atoms with Crippen molar-refractivity contribution in [3.63, 3.8) is 0 Å². The molecule has 1 rings (SSSR count). The highest BCUT2D eigenvalue weighted by atomic mass is 16.5. The minimum atomic E-state index is -0.0974. The van der Waals surface area contributed by atoms with E-state index in [9.17, 15) is 0 Å². The van der Waals surface area contributed by atoms with Crippen LogP contribution in [0.15, 0.2) is 0 Å². The fraction of sp³-hybridized carbons (Fsp3) is 0.917. The largest absolute Gasteiger partial charge is 0.381 e. The maximum atomic E-state index is 8.90. The number of nitrogens with one attached hydrogen (secondary N) is 1. The van der Waals surface area contributed by atoms with Crippen molar-refractivity contribution in [2.45, 2.75) is 38.8 Å². The molecule has 0 aromatic rings. The van der Waals surface area contributed by atoms with Gasteiger partial charge in [0.2, 0.25) is 0 Å². The summed E-state index contributed by atoms with van der Waals surface area (Å²) in [6.45, 7) is 7.19. The minimum Gasteiger partial charge on any atom is -0.381 e. The summed E-state index contributed by atoms with van der Waals surface area (Å²) < 4.78 is 10.8. The highest BCUT2D eigenvalue weighted by Gasteiger charge is 2.15. The molecule has 0 spiro atoms. The lowest BCUT2D eigenvalue weighted by molar-refractivity contribution is 0.0855. The first kappa shape index (κ1) is 13.4. The first-order chi connectivity index (χ1) is 7.72. The molecule has 16 heavy (non-hydrogen) atoms. The molecule has 0 bridgehead atoms. The third-order valence-corrected chi connectivity index (χ3v) is 2.62. The van der Waals surface area contributed by atoms with Crippen LogP contribution in [0.4, 0.5) is 0 Å². The Morgan fingerprint density at radius 1 is 1.56 bits per heavy atom. The van der Waals surface area contributed by atoms with Gasteiger partial charge in [-0.3, -0.25) is 5.32 Å². The Labute approximate surface area is 97.9 Å². The van der Waals surface area contributed by atoms with Crippen LogP contribution in [0.1, 0.15) is 26.7 Å². The summed E-state index contributed by atoms with van der Waals surface area (Å²) in [7, 11) is 0. The van der Waals surface area contributed by atoms with E-state index in [1.807, 2.05) is 13.8 Å². The predicted molar refractivity (Wildman–Crippen MR) is 62.0 cm³/mol. The average molecular weight is 226 g/mol. The maximum Gasteiger partial charge on any atom is 0.0976 e. The molecule has 1 saturated heterocycles. The fourth-order valence-corrected chi connectivity index (χ4v) is 1.75. The van der Waals surface area contributed by atoms with Crippen molar-refractivity contribution < 1.29 is 9.47 Å². The molecule has 1 heterocycles. The normalized spacial score (nSPS) is 22.2. The summed E-state index contributed by atoms with van der Waals surface area (Å²) >= 11 is 0. The average Bonchev–Trinajstić information content (AvgIpc) is 2.74. The van der Waals surface area contributed by atoms with Crippen molar-refractivity contribution in [3.8, 4) is 6.07 Å². The Morgan fingerprint density at radius 2 is 2.38 bits per heavy atom. The molecule has 2 unspecified atom stereocenters. The first-order valence-electron chi connectivity index (χ1n) is 6.03. The fourth-order valence-electron chi connectivity index (χ4n) is 1.75. The topological polar surface area (TPSA) is 54.3 Å². The van der Waals surface area contributed by atoms with E-state index < -0.39 is 0 Å². The van der Waals surface area contributed by atoms with E-state index in [0.29, 0.717) is 18.6 Å². The number of ether oxygens (including phenoxy) is 2. The van der Waals surface area contributed by atoms with Gasteiger partial charge in [0.05, 0.1) is 25.3 Å². The Kier molecular flexibility index (Phi) is 6.39. The van der Waals surface area contributed by atoms with E-state index in [0.717, 1.165) is 32.7 Å². The van der Waals surface area contributed by atoms with Crippen LogP contribution < -0.4 is 5.32 Å². The van der Waals surface area contributed by atoms with Gasteiger partial charge in [0.15, 0.2) is 0 Å². The molecule has 2 atom stereocenters. The second kappa shape index (κ2) is 7.61. The highest BCUT2D eigenvalue weighted by Crippen LogP contribution is 2.12. The molecule has 1 N–H and O–H groups in total. The third kappa shape index (κ3) is 5.45. The van der Waals surface area contributed by atoms with Gasteiger partial charge in [-0.2, -0.15) is 5.26 Å². The zero-order valence-electron chi connectivity index (χ0n) is 10.2. The lowest BCUT2D eigenvalue weighted by Gasteiger charge is -2.15. The second-order valence-electron chi connectivity index (χ2n) is 4.60. The maximum absolute atomic E-state index is 8.90. The van der Waals surface area contributed by atoms with Crippen LogP contribution in [-0.4, -0.2) is 38.5 Å². The second-order valence-corrected chi connectivity index (χ2v) is 4.60. The standard InChI is InChI=1S/C12H22N2O2/c1-10(2)14-12(7-13)4-6-16-9-11-3-5-15-8-11/h10-12,14H,3-6,8-9H2,1-2H3. The van der Waals surface area contributed by atoms with Crippen molar-refractivity contribution in [2.24, 2.45) is 5.92 Å². The smallest absolute Gasteiger partial charge is 0.0976 e.